The second kappa shape index (κ2) is 6.73. The van der Waals surface area contributed by atoms with E-state index >= 15 is 0 Å². The molecule has 0 unspecified atom stereocenters. The molecule has 0 radical (unpaired) electrons. The molecule has 1 aromatic heterocycles. The van der Waals surface area contributed by atoms with Crippen LogP contribution in [0, 0.1) is 0 Å². The lowest BCUT2D eigenvalue weighted by Gasteiger charge is -2.22. The van der Waals surface area contributed by atoms with Gasteiger partial charge in [0.05, 0.1) is 0 Å². The molecule has 0 aliphatic carbocycles. The average molecular weight is 236 g/mol. The number of rotatable bonds is 6. The minimum absolute atomic E-state index is 0.0848. The molecule has 0 spiro atoms. The summed E-state index contributed by atoms with van der Waals surface area (Å²) in [5.41, 5.74) is 6.11. The molecule has 5 heteroatoms. The fourth-order valence-electron chi connectivity index (χ4n) is 1.66. The van der Waals surface area contributed by atoms with Crippen molar-refractivity contribution < 1.29 is 5.21 Å². The van der Waals surface area contributed by atoms with Crippen LogP contribution < -0.4 is 10.6 Å². The van der Waals surface area contributed by atoms with Crippen molar-refractivity contribution in [1.29, 1.82) is 0 Å². The molecule has 0 saturated carbocycles. The molecule has 0 aliphatic heterocycles. The van der Waals surface area contributed by atoms with Gasteiger partial charge in [0.2, 0.25) is 0 Å². The number of hydrogen-bond donors (Lipinski definition) is 2. The molecule has 0 amide bonds. The first-order valence-electron chi connectivity index (χ1n) is 5.91. The van der Waals surface area contributed by atoms with E-state index in [9.17, 15) is 0 Å². The van der Waals surface area contributed by atoms with E-state index < -0.39 is 0 Å². The Morgan fingerprint density at radius 3 is 2.41 bits per heavy atom. The normalized spacial score (nSPS) is 11.5. The van der Waals surface area contributed by atoms with Gasteiger partial charge >= 0.3 is 0 Å². The van der Waals surface area contributed by atoms with Crippen LogP contribution >= 0.6 is 0 Å². The van der Waals surface area contributed by atoms with E-state index in [0.717, 1.165) is 31.7 Å². The minimum atomic E-state index is 0.0848. The van der Waals surface area contributed by atoms with Crippen molar-refractivity contribution in [2.75, 3.05) is 18.0 Å². The Morgan fingerprint density at radius 2 is 2.00 bits per heavy atom. The lowest BCUT2D eigenvalue weighted by molar-refractivity contribution is 0.318. The third-order valence-electron chi connectivity index (χ3n) is 2.46. The Morgan fingerprint density at radius 1 is 1.35 bits per heavy atom. The van der Waals surface area contributed by atoms with Gasteiger partial charge in [-0.05, 0) is 25.0 Å². The number of oxime groups is 1. The lowest BCUT2D eigenvalue weighted by Crippen LogP contribution is -2.26. The Hall–Kier alpha value is -1.78. The zero-order chi connectivity index (χ0) is 12.7. The molecular formula is C12H20N4O. The highest BCUT2D eigenvalue weighted by molar-refractivity contribution is 5.96. The molecule has 0 bridgehead atoms. The summed E-state index contributed by atoms with van der Waals surface area (Å²) in [5.74, 6) is 1.02. The number of hydrogen-bond acceptors (Lipinski definition) is 4. The van der Waals surface area contributed by atoms with Gasteiger partial charge in [-0.25, -0.2) is 4.98 Å². The highest BCUT2D eigenvalue weighted by atomic mass is 16.4. The topological polar surface area (TPSA) is 74.7 Å². The molecule has 1 aromatic rings. The highest BCUT2D eigenvalue weighted by Gasteiger charge is 2.06. The van der Waals surface area contributed by atoms with Crippen molar-refractivity contribution in [1.82, 2.24) is 4.98 Å². The second-order valence-corrected chi connectivity index (χ2v) is 3.88. The van der Waals surface area contributed by atoms with Crippen LogP contribution in [0.5, 0.6) is 0 Å². The predicted molar refractivity (Wildman–Crippen MR) is 69.5 cm³/mol. The molecule has 94 valence electrons. The molecule has 0 aliphatic rings. The lowest BCUT2D eigenvalue weighted by atomic mass is 10.2. The maximum atomic E-state index is 8.56. The second-order valence-electron chi connectivity index (χ2n) is 3.88. The van der Waals surface area contributed by atoms with Crippen LogP contribution in [-0.2, 0) is 0 Å². The molecule has 0 saturated heterocycles. The minimum Gasteiger partial charge on any atom is -0.409 e. The summed E-state index contributed by atoms with van der Waals surface area (Å²) >= 11 is 0. The van der Waals surface area contributed by atoms with E-state index in [4.69, 9.17) is 10.9 Å². The zero-order valence-electron chi connectivity index (χ0n) is 10.4. The first kappa shape index (κ1) is 13.3. The third-order valence-corrected chi connectivity index (χ3v) is 2.46. The Balaban J connectivity index is 2.83. The van der Waals surface area contributed by atoms with Gasteiger partial charge in [-0.15, -0.1) is 0 Å². The van der Waals surface area contributed by atoms with Gasteiger partial charge in [0.25, 0.3) is 0 Å². The van der Waals surface area contributed by atoms with E-state index in [0.29, 0.717) is 5.56 Å². The van der Waals surface area contributed by atoms with Crippen molar-refractivity contribution in [3.8, 4) is 0 Å². The first-order valence-corrected chi connectivity index (χ1v) is 5.91. The highest BCUT2D eigenvalue weighted by Crippen LogP contribution is 2.12. The summed E-state index contributed by atoms with van der Waals surface area (Å²) in [6.07, 6.45) is 3.80. The molecule has 17 heavy (non-hydrogen) atoms. The maximum Gasteiger partial charge on any atom is 0.171 e. The van der Waals surface area contributed by atoms with Gasteiger partial charge in [-0.3, -0.25) is 0 Å². The Kier molecular flexibility index (Phi) is 5.26. The van der Waals surface area contributed by atoms with Crippen molar-refractivity contribution in [2.24, 2.45) is 10.9 Å². The number of amidine groups is 1. The van der Waals surface area contributed by atoms with Crippen molar-refractivity contribution >= 4 is 11.7 Å². The maximum absolute atomic E-state index is 8.56. The van der Waals surface area contributed by atoms with Gasteiger partial charge in [-0.2, -0.15) is 0 Å². The molecule has 1 heterocycles. The summed E-state index contributed by atoms with van der Waals surface area (Å²) < 4.78 is 0. The van der Waals surface area contributed by atoms with E-state index in [1.807, 2.05) is 12.1 Å². The molecule has 3 N–H and O–H groups in total. The first-order chi connectivity index (χ1) is 8.22. The Bertz CT molecular complexity index is 355. The van der Waals surface area contributed by atoms with Crippen molar-refractivity contribution in [3.63, 3.8) is 0 Å². The quantitative estimate of drug-likeness (QED) is 0.342. The average Bonchev–Trinajstić information content (AvgIpc) is 2.38. The summed E-state index contributed by atoms with van der Waals surface area (Å²) in [7, 11) is 0. The number of nitrogens with two attached hydrogens (primary N) is 1. The molecule has 0 fully saturated rings. The smallest absolute Gasteiger partial charge is 0.171 e. The van der Waals surface area contributed by atoms with Gasteiger partial charge in [0.15, 0.2) is 5.84 Å². The largest absolute Gasteiger partial charge is 0.409 e. The van der Waals surface area contributed by atoms with Crippen LogP contribution in [0.25, 0.3) is 0 Å². The zero-order valence-corrected chi connectivity index (χ0v) is 10.4. The van der Waals surface area contributed by atoms with Crippen LogP contribution in [0.2, 0.25) is 0 Å². The fourth-order valence-corrected chi connectivity index (χ4v) is 1.66. The van der Waals surface area contributed by atoms with Crippen molar-refractivity contribution in [2.45, 2.75) is 26.7 Å². The van der Waals surface area contributed by atoms with E-state index in [1.54, 1.807) is 6.20 Å². The van der Waals surface area contributed by atoms with Gasteiger partial charge in [-0.1, -0.05) is 19.0 Å². The fraction of sp³-hybridized carbons (Fsp3) is 0.500. The van der Waals surface area contributed by atoms with E-state index in [1.165, 1.54) is 0 Å². The Labute approximate surface area is 102 Å². The van der Waals surface area contributed by atoms with Crippen LogP contribution in [0.1, 0.15) is 32.3 Å². The number of anilines is 1. The van der Waals surface area contributed by atoms with Crippen LogP contribution in [0.15, 0.2) is 23.5 Å². The van der Waals surface area contributed by atoms with Crippen molar-refractivity contribution in [3.05, 3.63) is 23.9 Å². The molecule has 5 nitrogen and oxygen atoms in total. The van der Waals surface area contributed by atoms with Crippen LogP contribution in [0.3, 0.4) is 0 Å². The summed E-state index contributed by atoms with van der Waals surface area (Å²) in [6.45, 7) is 6.27. The SMILES string of the molecule is CCCN(CCC)c1ccc(/C(N)=N/O)cn1. The standard InChI is InChI=1S/C12H20N4O/c1-3-7-16(8-4-2)11-6-5-10(9-14-11)12(13)15-17/h5-6,9,17H,3-4,7-8H2,1-2H3,(H2,13,15). The monoisotopic (exact) mass is 236 g/mol. The number of pyridine rings is 1. The van der Waals surface area contributed by atoms with Gasteiger partial charge < -0.3 is 15.8 Å². The van der Waals surface area contributed by atoms with Crippen LogP contribution in [0.4, 0.5) is 5.82 Å². The number of aromatic nitrogens is 1. The summed E-state index contributed by atoms with van der Waals surface area (Å²) in [6, 6.07) is 3.72. The van der Waals surface area contributed by atoms with E-state index in [2.05, 4.69) is 28.9 Å². The molecule has 1 rings (SSSR count). The van der Waals surface area contributed by atoms with Gasteiger partial charge in [0, 0.05) is 24.8 Å². The summed E-state index contributed by atoms with van der Waals surface area (Å²) in [4.78, 5) is 6.57. The summed E-state index contributed by atoms with van der Waals surface area (Å²) in [5, 5.41) is 11.5. The molecule has 0 aromatic carbocycles. The molecule has 0 atom stereocenters. The number of nitrogens with zero attached hydrogens (tertiary/aromatic N) is 3. The predicted octanol–water partition coefficient (Wildman–Crippen LogP) is 1.80. The third kappa shape index (κ3) is 3.62. The van der Waals surface area contributed by atoms with Crippen LogP contribution in [-0.4, -0.2) is 29.1 Å². The van der Waals surface area contributed by atoms with E-state index in [-0.39, 0.29) is 5.84 Å². The van der Waals surface area contributed by atoms with Gasteiger partial charge in [0.1, 0.15) is 5.82 Å². The molecular weight excluding hydrogens is 216 g/mol.